The molecule has 26 heavy (non-hydrogen) atoms. The van der Waals surface area contributed by atoms with Gasteiger partial charge < -0.3 is 0 Å². The molecule has 0 radical (unpaired) electrons. The van der Waals surface area contributed by atoms with Gasteiger partial charge >= 0.3 is 12.4 Å². The minimum Gasteiger partial charge on any atom is -0.238 e. The van der Waals surface area contributed by atoms with Crippen LogP contribution in [-0.4, -0.2) is 0 Å². The van der Waals surface area contributed by atoms with Crippen molar-refractivity contribution in [1.29, 1.82) is 0 Å². The van der Waals surface area contributed by atoms with E-state index in [1.807, 2.05) is 0 Å². The molecular weight excluding hydrogens is 405 g/mol. The number of rotatable bonds is 0. The standard InChI is InChI=1S/2C8H4F3N.2ClH/c2*1-12-7-4-2-6(3-5-7)8(9,10)11;;/h2*2-5H;2*1H. The first-order valence-corrected chi connectivity index (χ1v) is 6.17. The lowest BCUT2D eigenvalue weighted by molar-refractivity contribution is -0.138. The molecule has 0 spiro atoms. The van der Waals surface area contributed by atoms with Crippen LogP contribution in [0.25, 0.3) is 9.69 Å². The van der Waals surface area contributed by atoms with Crippen molar-refractivity contribution in [3.63, 3.8) is 0 Å². The zero-order chi connectivity index (χ0) is 18.4. The van der Waals surface area contributed by atoms with Gasteiger partial charge in [0.1, 0.15) is 0 Å². The van der Waals surface area contributed by atoms with E-state index in [9.17, 15) is 26.3 Å². The highest BCUT2D eigenvalue weighted by Crippen LogP contribution is 2.31. The van der Waals surface area contributed by atoms with E-state index >= 15 is 0 Å². The summed E-state index contributed by atoms with van der Waals surface area (Å²) in [5.41, 5.74) is -1.03. The van der Waals surface area contributed by atoms with E-state index < -0.39 is 23.5 Å². The van der Waals surface area contributed by atoms with E-state index in [-0.39, 0.29) is 36.2 Å². The SMILES string of the molecule is Cl.Cl.[C-]#[N+]c1ccc(C(F)(F)F)cc1.[C-]#[N+]c1ccc(C(F)(F)F)cc1. The van der Waals surface area contributed by atoms with Gasteiger partial charge in [-0.15, -0.1) is 24.8 Å². The minimum atomic E-state index is -4.32. The van der Waals surface area contributed by atoms with Gasteiger partial charge in [0.25, 0.3) is 0 Å². The maximum Gasteiger partial charge on any atom is 0.416 e. The smallest absolute Gasteiger partial charge is 0.238 e. The fourth-order valence-electron chi connectivity index (χ4n) is 1.45. The predicted molar refractivity (Wildman–Crippen MR) is 89.9 cm³/mol. The average molecular weight is 415 g/mol. The zero-order valence-corrected chi connectivity index (χ0v) is 14.2. The molecule has 2 aromatic rings. The Morgan fingerprint density at radius 3 is 0.923 bits per heavy atom. The van der Waals surface area contributed by atoms with Gasteiger partial charge in [-0.25, -0.2) is 9.69 Å². The Kier molecular flexibility index (Phi) is 10.5. The Labute approximate surface area is 157 Å². The molecule has 0 aromatic heterocycles. The van der Waals surface area contributed by atoms with E-state index in [1.165, 1.54) is 0 Å². The highest BCUT2D eigenvalue weighted by Gasteiger charge is 2.30. The van der Waals surface area contributed by atoms with E-state index in [0.717, 1.165) is 48.5 Å². The van der Waals surface area contributed by atoms with Crippen LogP contribution in [0.5, 0.6) is 0 Å². The lowest BCUT2D eigenvalue weighted by Crippen LogP contribution is -2.03. The summed E-state index contributed by atoms with van der Waals surface area (Å²) in [6.45, 7) is 13.0. The fraction of sp³-hybridized carbons (Fsp3) is 0.125. The molecule has 0 aliphatic carbocycles. The molecule has 0 aliphatic rings. The van der Waals surface area contributed by atoms with Gasteiger partial charge in [0.15, 0.2) is 11.4 Å². The largest absolute Gasteiger partial charge is 0.416 e. The Balaban J connectivity index is 0. The molecule has 10 heteroatoms. The summed E-state index contributed by atoms with van der Waals surface area (Å²) in [4.78, 5) is 5.95. The summed E-state index contributed by atoms with van der Waals surface area (Å²) < 4.78 is 71.7. The van der Waals surface area contributed by atoms with Gasteiger partial charge in [0.2, 0.25) is 0 Å². The first-order valence-electron chi connectivity index (χ1n) is 6.17. The van der Waals surface area contributed by atoms with Crippen molar-refractivity contribution in [3.8, 4) is 0 Å². The highest BCUT2D eigenvalue weighted by molar-refractivity contribution is 5.85. The van der Waals surface area contributed by atoms with Crippen LogP contribution in [0.2, 0.25) is 0 Å². The van der Waals surface area contributed by atoms with Crippen LogP contribution in [0.1, 0.15) is 11.1 Å². The molecule has 0 amide bonds. The second kappa shape index (κ2) is 10.5. The first kappa shape index (κ1) is 25.8. The summed E-state index contributed by atoms with van der Waals surface area (Å²) in [7, 11) is 0. The Morgan fingerprint density at radius 2 is 0.769 bits per heavy atom. The molecule has 0 unspecified atom stereocenters. The minimum absolute atomic E-state index is 0. The van der Waals surface area contributed by atoms with Crippen LogP contribution in [-0.2, 0) is 12.4 Å². The molecule has 0 atom stereocenters. The van der Waals surface area contributed by atoms with Crippen LogP contribution in [0.3, 0.4) is 0 Å². The second-order valence-corrected chi connectivity index (χ2v) is 4.31. The van der Waals surface area contributed by atoms with Crippen molar-refractivity contribution >= 4 is 36.2 Å². The second-order valence-electron chi connectivity index (χ2n) is 4.31. The normalized spacial score (nSPS) is 10.0. The lowest BCUT2D eigenvalue weighted by atomic mass is 10.2. The van der Waals surface area contributed by atoms with Crippen LogP contribution >= 0.6 is 24.8 Å². The molecule has 2 nitrogen and oxygen atoms in total. The third-order valence-electron chi connectivity index (χ3n) is 2.65. The molecule has 2 aromatic carbocycles. The number of hydrogen-bond acceptors (Lipinski definition) is 0. The molecule has 0 N–H and O–H groups in total. The van der Waals surface area contributed by atoms with Crippen LogP contribution in [0.4, 0.5) is 37.7 Å². The topological polar surface area (TPSA) is 8.72 Å². The molecule has 0 aliphatic heterocycles. The summed E-state index contributed by atoms with van der Waals surface area (Å²) in [5.74, 6) is 0. The van der Waals surface area contributed by atoms with Crippen molar-refractivity contribution in [2.45, 2.75) is 12.4 Å². The summed E-state index contributed by atoms with van der Waals surface area (Å²) >= 11 is 0. The monoisotopic (exact) mass is 414 g/mol. The summed E-state index contributed by atoms with van der Waals surface area (Å²) in [6, 6.07) is 8.18. The van der Waals surface area contributed by atoms with Crippen LogP contribution in [0.15, 0.2) is 48.5 Å². The maximum absolute atomic E-state index is 11.9. The van der Waals surface area contributed by atoms with Crippen molar-refractivity contribution in [2.75, 3.05) is 0 Å². The number of nitrogens with zero attached hydrogens (tertiary/aromatic N) is 2. The van der Waals surface area contributed by atoms with Crippen molar-refractivity contribution in [2.24, 2.45) is 0 Å². The molecular formula is C16H10Cl2F6N2. The van der Waals surface area contributed by atoms with E-state index in [1.54, 1.807) is 0 Å². The van der Waals surface area contributed by atoms with E-state index in [4.69, 9.17) is 13.1 Å². The highest BCUT2D eigenvalue weighted by atomic mass is 35.5. The lowest BCUT2D eigenvalue weighted by Gasteiger charge is -2.04. The number of hydrogen-bond donors (Lipinski definition) is 0. The first-order chi connectivity index (χ1) is 11.1. The molecule has 0 fully saturated rings. The van der Waals surface area contributed by atoms with Crippen LogP contribution < -0.4 is 0 Å². The predicted octanol–water partition coefficient (Wildman–Crippen LogP) is 7.36. The molecule has 0 saturated heterocycles. The third kappa shape index (κ3) is 8.11. The quantitative estimate of drug-likeness (QED) is 0.314. The van der Waals surface area contributed by atoms with Gasteiger partial charge in [0.05, 0.1) is 24.3 Å². The zero-order valence-electron chi connectivity index (χ0n) is 12.6. The summed E-state index contributed by atoms with van der Waals surface area (Å²) in [6.07, 6.45) is -8.64. The molecule has 0 heterocycles. The van der Waals surface area contributed by atoms with Gasteiger partial charge in [0, 0.05) is 0 Å². The number of alkyl halides is 6. The van der Waals surface area contributed by atoms with E-state index in [0.29, 0.717) is 0 Å². The molecule has 0 saturated carbocycles. The Morgan fingerprint density at radius 1 is 0.538 bits per heavy atom. The van der Waals surface area contributed by atoms with Gasteiger partial charge in [-0.05, 0) is 0 Å². The Bertz CT molecular complexity index is 687. The van der Waals surface area contributed by atoms with Crippen molar-refractivity contribution in [3.05, 3.63) is 82.5 Å². The molecule has 2 rings (SSSR count). The number of benzene rings is 2. The third-order valence-corrected chi connectivity index (χ3v) is 2.65. The van der Waals surface area contributed by atoms with Crippen molar-refractivity contribution < 1.29 is 26.3 Å². The van der Waals surface area contributed by atoms with E-state index in [2.05, 4.69) is 9.69 Å². The van der Waals surface area contributed by atoms with Crippen LogP contribution in [0, 0.1) is 13.1 Å². The van der Waals surface area contributed by atoms with Crippen molar-refractivity contribution in [1.82, 2.24) is 0 Å². The maximum atomic E-state index is 11.9. The molecule has 0 bridgehead atoms. The summed E-state index contributed by atoms with van der Waals surface area (Å²) in [5, 5.41) is 0. The Hall–Kier alpha value is -2.42. The van der Waals surface area contributed by atoms with Gasteiger partial charge in [-0.2, -0.15) is 26.3 Å². The average Bonchev–Trinajstić information content (AvgIpc) is 2.54. The van der Waals surface area contributed by atoms with Gasteiger partial charge in [-0.3, -0.25) is 0 Å². The van der Waals surface area contributed by atoms with Gasteiger partial charge in [-0.1, -0.05) is 48.5 Å². The number of halogens is 8. The fourth-order valence-corrected chi connectivity index (χ4v) is 1.45. The molecule has 140 valence electrons.